The normalized spacial score (nSPS) is 10.2. The van der Waals surface area contributed by atoms with E-state index >= 15 is 0 Å². The molecule has 0 atom stereocenters. The summed E-state index contributed by atoms with van der Waals surface area (Å²) in [4.78, 5) is 10.1. The number of hydrogen-bond acceptors (Lipinski definition) is 3. The largest absolute Gasteiger partial charge is 0.351 e. The van der Waals surface area contributed by atoms with Crippen molar-refractivity contribution in [2.75, 3.05) is 0 Å². The van der Waals surface area contributed by atoms with Gasteiger partial charge in [0.05, 0.1) is 6.54 Å². The Morgan fingerprint density at radius 2 is 2.38 bits per heavy atom. The van der Waals surface area contributed by atoms with Crippen LogP contribution in [-0.4, -0.2) is 21.0 Å². The topological polar surface area (TPSA) is 59.3 Å². The molecular formula is C8H8N4O. The molecule has 0 saturated heterocycles. The van der Waals surface area contributed by atoms with Crippen LogP contribution in [0, 0.1) is 0 Å². The summed E-state index contributed by atoms with van der Waals surface area (Å²) in [6.07, 6.45) is 2.50. The molecule has 2 aromatic heterocycles. The lowest BCUT2D eigenvalue weighted by Gasteiger charge is -1.96. The van der Waals surface area contributed by atoms with Crippen LogP contribution in [0.5, 0.6) is 0 Å². The van der Waals surface area contributed by atoms with Crippen molar-refractivity contribution in [2.45, 2.75) is 6.54 Å². The van der Waals surface area contributed by atoms with E-state index in [9.17, 15) is 4.79 Å². The molecule has 1 N–H and O–H groups in total. The summed E-state index contributed by atoms with van der Waals surface area (Å²) < 4.78 is 1.83. The first kappa shape index (κ1) is 7.72. The summed E-state index contributed by atoms with van der Waals surface area (Å²) in [5.74, 6) is 0.725. The fourth-order valence-electron chi connectivity index (χ4n) is 1.14. The molecule has 1 amide bonds. The Labute approximate surface area is 74.4 Å². The zero-order valence-corrected chi connectivity index (χ0v) is 6.84. The number of fused-ring (bicyclic) bond motifs is 1. The molecule has 5 heteroatoms. The molecule has 2 heterocycles. The number of carbonyl (C=O) groups is 1. The minimum atomic E-state index is 0.397. The van der Waals surface area contributed by atoms with Crippen LogP contribution in [0.3, 0.4) is 0 Å². The van der Waals surface area contributed by atoms with Gasteiger partial charge in [0, 0.05) is 6.20 Å². The maximum atomic E-state index is 10.1. The van der Waals surface area contributed by atoms with Crippen molar-refractivity contribution in [1.82, 2.24) is 19.9 Å². The second kappa shape index (κ2) is 3.22. The molecule has 0 bridgehead atoms. The monoisotopic (exact) mass is 176 g/mol. The van der Waals surface area contributed by atoms with Gasteiger partial charge in [0.2, 0.25) is 6.41 Å². The highest BCUT2D eigenvalue weighted by atomic mass is 16.1. The van der Waals surface area contributed by atoms with Crippen molar-refractivity contribution in [1.29, 1.82) is 0 Å². The predicted molar refractivity (Wildman–Crippen MR) is 45.9 cm³/mol. The number of amides is 1. The van der Waals surface area contributed by atoms with Crippen molar-refractivity contribution in [3.63, 3.8) is 0 Å². The Hall–Kier alpha value is -1.91. The van der Waals surface area contributed by atoms with Crippen molar-refractivity contribution in [3.05, 3.63) is 30.2 Å². The van der Waals surface area contributed by atoms with Crippen molar-refractivity contribution >= 4 is 12.1 Å². The number of rotatable bonds is 3. The van der Waals surface area contributed by atoms with Gasteiger partial charge in [-0.05, 0) is 12.1 Å². The predicted octanol–water partition coefficient (Wildman–Crippen LogP) is -0.0247. The molecule has 5 nitrogen and oxygen atoms in total. The summed E-state index contributed by atoms with van der Waals surface area (Å²) in [6.45, 7) is 0.397. The Kier molecular flexibility index (Phi) is 1.91. The average Bonchev–Trinajstić information content (AvgIpc) is 2.58. The van der Waals surface area contributed by atoms with Crippen LogP contribution in [0.15, 0.2) is 24.4 Å². The fraction of sp³-hybridized carbons (Fsp3) is 0.125. The second-order valence-electron chi connectivity index (χ2n) is 2.54. The Bertz CT molecular complexity index is 423. The van der Waals surface area contributed by atoms with Crippen molar-refractivity contribution in [2.24, 2.45) is 0 Å². The third-order valence-corrected chi connectivity index (χ3v) is 1.73. The van der Waals surface area contributed by atoms with E-state index in [1.807, 2.05) is 28.8 Å². The van der Waals surface area contributed by atoms with Crippen LogP contribution in [0.4, 0.5) is 0 Å². The molecular weight excluding hydrogens is 168 g/mol. The molecule has 0 radical (unpaired) electrons. The van der Waals surface area contributed by atoms with Gasteiger partial charge < -0.3 is 5.32 Å². The van der Waals surface area contributed by atoms with E-state index in [0.717, 1.165) is 11.5 Å². The third kappa shape index (κ3) is 1.35. The Morgan fingerprint density at radius 1 is 1.46 bits per heavy atom. The van der Waals surface area contributed by atoms with Gasteiger partial charge >= 0.3 is 0 Å². The minimum Gasteiger partial charge on any atom is -0.351 e. The first-order valence-corrected chi connectivity index (χ1v) is 3.87. The SMILES string of the molecule is O=CNCc1nnc2ccccn12. The molecule has 0 aromatic carbocycles. The van der Waals surface area contributed by atoms with Crippen molar-refractivity contribution in [3.8, 4) is 0 Å². The molecule has 2 aromatic rings. The van der Waals surface area contributed by atoms with Crippen LogP contribution in [0.1, 0.15) is 5.82 Å². The molecule has 0 aliphatic rings. The number of pyridine rings is 1. The van der Waals surface area contributed by atoms with Gasteiger partial charge in [-0.15, -0.1) is 10.2 Å². The molecule has 2 rings (SSSR count). The van der Waals surface area contributed by atoms with Crippen LogP contribution in [0.25, 0.3) is 5.65 Å². The standard InChI is InChI=1S/C8H8N4O/c13-6-9-5-8-11-10-7-3-1-2-4-12(7)8/h1-4,6H,5H2,(H,9,13). The molecule has 66 valence electrons. The highest BCUT2D eigenvalue weighted by Gasteiger charge is 2.01. The summed E-state index contributed by atoms with van der Waals surface area (Å²) in [5.41, 5.74) is 0.783. The smallest absolute Gasteiger partial charge is 0.207 e. The van der Waals surface area contributed by atoms with E-state index in [1.165, 1.54) is 0 Å². The fourth-order valence-corrected chi connectivity index (χ4v) is 1.14. The lowest BCUT2D eigenvalue weighted by molar-refractivity contribution is -0.109. The first-order valence-electron chi connectivity index (χ1n) is 3.87. The maximum absolute atomic E-state index is 10.1. The van der Waals surface area contributed by atoms with Crippen LogP contribution >= 0.6 is 0 Å². The molecule has 0 aliphatic heterocycles. The summed E-state index contributed by atoms with van der Waals surface area (Å²) in [6, 6.07) is 5.64. The van der Waals surface area contributed by atoms with E-state index in [-0.39, 0.29) is 0 Å². The number of nitrogens with one attached hydrogen (secondary N) is 1. The summed E-state index contributed by atoms with van der Waals surface area (Å²) in [7, 11) is 0. The second-order valence-corrected chi connectivity index (χ2v) is 2.54. The Morgan fingerprint density at radius 3 is 3.23 bits per heavy atom. The summed E-state index contributed by atoms with van der Waals surface area (Å²) >= 11 is 0. The molecule has 0 aliphatic carbocycles. The number of aromatic nitrogens is 3. The molecule has 0 saturated carbocycles. The molecule has 0 fully saturated rings. The van der Waals surface area contributed by atoms with Crippen LogP contribution in [0.2, 0.25) is 0 Å². The van der Waals surface area contributed by atoms with Gasteiger partial charge in [-0.3, -0.25) is 9.20 Å². The van der Waals surface area contributed by atoms with E-state index in [2.05, 4.69) is 15.5 Å². The number of nitrogens with zero attached hydrogens (tertiary/aromatic N) is 3. The molecule has 0 unspecified atom stereocenters. The van der Waals surface area contributed by atoms with Crippen LogP contribution in [-0.2, 0) is 11.3 Å². The minimum absolute atomic E-state index is 0.397. The average molecular weight is 176 g/mol. The van der Waals surface area contributed by atoms with Gasteiger partial charge in [0.1, 0.15) is 0 Å². The lowest BCUT2D eigenvalue weighted by Crippen LogP contribution is -2.12. The maximum Gasteiger partial charge on any atom is 0.207 e. The highest BCUT2D eigenvalue weighted by Crippen LogP contribution is 2.01. The highest BCUT2D eigenvalue weighted by molar-refractivity contribution is 5.46. The zero-order valence-electron chi connectivity index (χ0n) is 6.84. The zero-order chi connectivity index (χ0) is 9.10. The lowest BCUT2D eigenvalue weighted by atomic mass is 10.4. The van der Waals surface area contributed by atoms with Gasteiger partial charge in [-0.1, -0.05) is 6.07 Å². The quantitative estimate of drug-likeness (QED) is 0.668. The number of carbonyl (C=O) groups excluding carboxylic acids is 1. The van der Waals surface area contributed by atoms with E-state index in [1.54, 1.807) is 0 Å². The van der Waals surface area contributed by atoms with Crippen molar-refractivity contribution < 1.29 is 4.79 Å². The van der Waals surface area contributed by atoms with Gasteiger partial charge in [0.25, 0.3) is 0 Å². The number of hydrogen-bond donors (Lipinski definition) is 1. The van der Waals surface area contributed by atoms with E-state index < -0.39 is 0 Å². The van der Waals surface area contributed by atoms with Gasteiger partial charge in [-0.2, -0.15) is 0 Å². The molecule has 0 spiro atoms. The molecule has 13 heavy (non-hydrogen) atoms. The van der Waals surface area contributed by atoms with Crippen LogP contribution < -0.4 is 5.32 Å². The van der Waals surface area contributed by atoms with Gasteiger partial charge in [-0.25, -0.2) is 0 Å². The Balaban J connectivity index is 2.40. The summed E-state index contributed by atoms with van der Waals surface area (Å²) in [5, 5.41) is 10.4. The third-order valence-electron chi connectivity index (χ3n) is 1.73. The van der Waals surface area contributed by atoms with E-state index in [4.69, 9.17) is 0 Å². The first-order chi connectivity index (χ1) is 6.42. The van der Waals surface area contributed by atoms with Gasteiger partial charge in [0.15, 0.2) is 11.5 Å². The van der Waals surface area contributed by atoms with E-state index in [0.29, 0.717) is 13.0 Å².